The van der Waals surface area contributed by atoms with Gasteiger partial charge in [0.05, 0.1) is 21.0 Å². The van der Waals surface area contributed by atoms with Crippen LogP contribution in [0, 0.1) is 5.92 Å². The van der Waals surface area contributed by atoms with E-state index in [9.17, 15) is 14.7 Å². The highest BCUT2D eigenvalue weighted by Crippen LogP contribution is 2.65. The minimum absolute atomic E-state index is 0.0259. The standard InChI is InChI=1S/C24H14Cl7NO3/c25-12-6-11(7-13(26)8-12)20-21(24(20,30)31)23(35)32-14-1-2-16(27)15(9-14)19(33)5-10-3-17(28)22(34)18(29)4-10/h1-4,6-9,20-21,34H,5H2,(H,32,35). The van der Waals surface area contributed by atoms with Gasteiger partial charge in [-0.2, -0.15) is 0 Å². The van der Waals surface area contributed by atoms with Crippen LogP contribution in [0.15, 0.2) is 48.5 Å². The number of phenols is 1. The molecule has 2 unspecified atom stereocenters. The Morgan fingerprint density at radius 3 is 2.06 bits per heavy atom. The molecule has 1 aliphatic carbocycles. The lowest BCUT2D eigenvalue weighted by molar-refractivity contribution is -0.117. The zero-order valence-corrected chi connectivity index (χ0v) is 22.7. The van der Waals surface area contributed by atoms with Gasteiger partial charge in [-0.25, -0.2) is 0 Å². The Kier molecular flexibility index (Phi) is 7.76. The number of benzene rings is 3. The molecule has 3 aromatic rings. The van der Waals surface area contributed by atoms with Crippen LogP contribution in [-0.4, -0.2) is 21.1 Å². The van der Waals surface area contributed by atoms with E-state index in [2.05, 4.69) is 5.32 Å². The number of nitrogens with one attached hydrogen (secondary N) is 1. The summed E-state index contributed by atoms with van der Waals surface area (Å²) in [6, 6.07) is 12.3. The van der Waals surface area contributed by atoms with Crippen molar-refractivity contribution in [2.75, 3.05) is 5.32 Å². The molecular formula is C24H14Cl7NO3. The Bertz CT molecular complexity index is 1320. The van der Waals surface area contributed by atoms with E-state index in [-0.39, 0.29) is 38.6 Å². The van der Waals surface area contributed by atoms with Crippen molar-refractivity contribution < 1.29 is 14.7 Å². The maximum Gasteiger partial charge on any atom is 0.231 e. The Morgan fingerprint density at radius 2 is 1.46 bits per heavy atom. The van der Waals surface area contributed by atoms with Gasteiger partial charge in [0, 0.05) is 33.6 Å². The van der Waals surface area contributed by atoms with E-state index in [1.807, 2.05) is 0 Å². The number of halogens is 7. The predicted molar refractivity (Wildman–Crippen MR) is 143 cm³/mol. The predicted octanol–water partition coefficient (Wildman–Crippen LogP) is 8.61. The van der Waals surface area contributed by atoms with Crippen LogP contribution in [0.25, 0.3) is 0 Å². The van der Waals surface area contributed by atoms with Crippen molar-refractivity contribution in [3.8, 4) is 5.75 Å². The summed E-state index contributed by atoms with van der Waals surface area (Å²) in [4.78, 5) is 25.9. The van der Waals surface area contributed by atoms with Gasteiger partial charge in [-0.15, -0.1) is 23.2 Å². The number of anilines is 1. The summed E-state index contributed by atoms with van der Waals surface area (Å²) in [6.45, 7) is 0. The first-order chi connectivity index (χ1) is 16.4. The molecule has 11 heteroatoms. The maximum atomic E-state index is 13.0. The molecule has 0 spiro atoms. The van der Waals surface area contributed by atoms with E-state index in [4.69, 9.17) is 81.2 Å². The number of alkyl halides is 2. The zero-order valence-electron chi connectivity index (χ0n) is 17.4. The van der Waals surface area contributed by atoms with E-state index in [0.717, 1.165) is 0 Å². The normalized spacial score (nSPS) is 18.3. The summed E-state index contributed by atoms with van der Waals surface area (Å²) >= 11 is 43.1. The highest BCUT2D eigenvalue weighted by atomic mass is 35.5. The lowest BCUT2D eigenvalue weighted by Gasteiger charge is -2.10. The van der Waals surface area contributed by atoms with Gasteiger partial charge < -0.3 is 10.4 Å². The summed E-state index contributed by atoms with van der Waals surface area (Å²) in [5, 5.41) is 13.5. The molecule has 1 aliphatic rings. The van der Waals surface area contributed by atoms with Crippen LogP contribution in [0.5, 0.6) is 5.75 Å². The lowest BCUT2D eigenvalue weighted by Crippen LogP contribution is -2.17. The van der Waals surface area contributed by atoms with Crippen LogP contribution in [0.4, 0.5) is 5.69 Å². The SMILES string of the molecule is O=C(Cc1cc(Cl)c(O)c(Cl)c1)c1cc(NC(=O)C2C(c3cc(Cl)cc(Cl)c3)C2(Cl)Cl)ccc1Cl. The first-order valence-electron chi connectivity index (χ1n) is 10.0. The van der Waals surface area contributed by atoms with Crippen molar-refractivity contribution in [2.45, 2.75) is 16.7 Å². The second-order valence-corrected chi connectivity index (χ2v) is 11.6. The fourth-order valence-electron chi connectivity index (χ4n) is 3.86. The molecule has 0 radical (unpaired) electrons. The third-order valence-corrected chi connectivity index (χ3v) is 7.84. The van der Waals surface area contributed by atoms with Crippen LogP contribution in [0.1, 0.15) is 27.4 Å². The first-order valence-corrected chi connectivity index (χ1v) is 12.7. The first kappa shape index (κ1) is 26.7. The molecule has 0 aliphatic heterocycles. The Balaban J connectivity index is 1.52. The van der Waals surface area contributed by atoms with Gasteiger partial charge in [0.1, 0.15) is 4.33 Å². The number of carbonyl (C=O) groups is 2. The van der Waals surface area contributed by atoms with E-state index in [1.54, 1.807) is 24.3 Å². The molecule has 0 saturated heterocycles. The fraction of sp³-hybridized carbons (Fsp3) is 0.167. The van der Waals surface area contributed by atoms with Gasteiger partial charge in [-0.05, 0) is 59.7 Å². The number of rotatable bonds is 6. The van der Waals surface area contributed by atoms with Crippen molar-refractivity contribution in [3.05, 3.63) is 90.3 Å². The fourth-order valence-corrected chi connectivity index (χ4v) is 5.99. The molecule has 0 aromatic heterocycles. The number of amides is 1. The van der Waals surface area contributed by atoms with E-state index < -0.39 is 22.1 Å². The smallest absolute Gasteiger partial charge is 0.231 e. The highest BCUT2D eigenvalue weighted by molar-refractivity contribution is 6.53. The molecular weight excluding hydrogens is 598 g/mol. The third-order valence-electron chi connectivity index (χ3n) is 5.56. The van der Waals surface area contributed by atoms with Gasteiger partial charge in [0.15, 0.2) is 11.5 Å². The zero-order chi connectivity index (χ0) is 25.7. The summed E-state index contributed by atoms with van der Waals surface area (Å²) in [6.07, 6.45) is -0.0798. The average Bonchev–Trinajstić information content (AvgIpc) is 3.34. The molecule has 1 fully saturated rings. The molecule has 1 amide bonds. The Hall–Kier alpha value is -1.37. The van der Waals surface area contributed by atoms with E-state index >= 15 is 0 Å². The number of Topliss-reactive ketones (excluding diaryl/α,β-unsaturated/α-hetero) is 1. The van der Waals surface area contributed by atoms with Gasteiger partial charge in [0.2, 0.25) is 5.91 Å². The summed E-state index contributed by atoms with van der Waals surface area (Å²) in [5.74, 6) is -2.32. The number of phenolic OH excluding ortho intramolecular Hbond substituents is 1. The Morgan fingerprint density at radius 1 is 0.857 bits per heavy atom. The maximum absolute atomic E-state index is 13.0. The van der Waals surface area contributed by atoms with Crippen molar-refractivity contribution in [1.82, 2.24) is 0 Å². The average molecular weight is 613 g/mol. The molecule has 3 aromatic carbocycles. The second-order valence-electron chi connectivity index (χ2n) is 8.02. The highest BCUT2D eigenvalue weighted by Gasteiger charge is 2.67. The third kappa shape index (κ3) is 5.65. The van der Waals surface area contributed by atoms with Crippen LogP contribution in [0.3, 0.4) is 0 Å². The van der Waals surface area contributed by atoms with E-state index in [1.165, 1.54) is 24.3 Å². The van der Waals surface area contributed by atoms with E-state index in [0.29, 0.717) is 26.9 Å². The molecule has 0 heterocycles. The largest absolute Gasteiger partial charge is 0.505 e. The van der Waals surface area contributed by atoms with Gasteiger partial charge in [0.25, 0.3) is 0 Å². The topological polar surface area (TPSA) is 66.4 Å². The van der Waals surface area contributed by atoms with Crippen molar-refractivity contribution in [1.29, 1.82) is 0 Å². The molecule has 1 saturated carbocycles. The number of aromatic hydroxyl groups is 1. The van der Waals surface area contributed by atoms with Crippen molar-refractivity contribution >= 4 is 98.6 Å². The molecule has 0 bridgehead atoms. The Labute approximate surface area is 236 Å². The molecule has 182 valence electrons. The summed E-state index contributed by atoms with van der Waals surface area (Å²) in [7, 11) is 0. The van der Waals surface area contributed by atoms with Gasteiger partial charge in [-0.1, -0.05) is 58.0 Å². The molecule has 2 atom stereocenters. The van der Waals surface area contributed by atoms with Crippen molar-refractivity contribution in [3.63, 3.8) is 0 Å². The monoisotopic (exact) mass is 609 g/mol. The summed E-state index contributed by atoms with van der Waals surface area (Å²) < 4.78 is -1.35. The molecule has 35 heavy (non-hydrogen) atoms. The molecule has 4 nitrogen and oxygen atoms in total. The minimum Gasteiger partial charge on any atom is -0.505 e. The number of ketones is 1. The van der Waals surface area contributed by atoms with Crippen molar-refractivity contribution in [2.24, 2.45) is 5.92 Å². The van der Waals surface area contributed by atoms with Crippen LogP contribution >= 0.6 is 81.2 Å². The summed E-state index contributed by atoms with van der Waals surface area (Å²) in [5.41, 5.74) is 1.65. The van der Waals surface area contributed by atoms with Crippen LogP contribution in [-0.2, 0) is 11.2 Å². The van der Waals surface area contributed by atoms with Crippen LogP contribution < -0.4 is 5.32 Å². The van der Waals surface area contributed by atoms with Crippen LogP contribution in [0.2, 0.25) is 25.1 Å². The number of hydrogen-bond donors (Lipinski definition) is 2. The number of hydrogen-bond acceptors (Lipinski definition) is 3. The second kappa shape index (κ2) is 10.2. The molecule has 2 N–H and O–H groups in total. The lowest BCUT2D eigenvalue weighted by atomic mass is 10.0. The minimum atomic E-state index is -1.35. The molecule has 4 rings (SSSR count). The van der Waals surface area contributed by atoms with Gasteiger partial charge in [-0.3, -0.25) is 9.59 Å². The van der Waals surface area contributed by atoms with Gasteiger partial charge >= 0.3 is 0 Å². The quantitative estimate of drug-likeness (QED) is 0.216. The number of carbonyl (C=O) groups excluding carboxylic acids is 2.